The van der Waals surface area contributed by atoms with Crippen molar-refractivity contribution in [2.75, 3.05) is 13.1 Å². The molecule has 6 heteroatoms. The Balaban J connectivity index is 1.73. The fourth-order valence-electron chi connectivity index (χ4n) is 1.99. The van der Waals surface area contributed by atoms with Gasteiger partial charge in [0.15, 0.2) is 5.96 Å². The Morgan fingerprint density at radius 1 is 1.38 bits per heavy atom. The van der Waals surface area contributed by atoms with Crippen molar-refractivity contribution in [3.05, 3.63) is 40.3 Å². The molecule has 2 aromatic heterocycles. The molecule has 2 rings (SSSR count). The van der Waals surface area contributed by atoms with Gasteiger partial charge >= 0.3 is 0 Å². The van der Waals surface area contributed by atoms with Crippen molar-refractivity contribution >= 4 is 17.3 Å². The van der Waals surface area contributed by atoms with Gasteiger partial charge in [-0.25, -0.2) is 4.99 Å². The highest BCUT2D eigenvalue weighted by atomic mass is 32.1. The van der Waals surface area contributed by atoms with Crippen LogP contribution in [-0.2, 0) is 20.0 Å². The van der Waals surface area contributed by atoms with Crippen LogP contribution in [-0.4, -0.2) is 28.8 Å². The number of hydrogen-bond donors (Lipinski definition) is 2. The molecule has 0 spiro atoms. The quantitative estimate of drug-likeness (QED) is 0.468. The van der Waals surface area contributed by atoms with E-state index in [4.69, 9.17) is 0 Å². The van der Waals surface area contributed by atoms with Gasteiger partial charge in [0.05, 0.1) is 12.7 Å². The molecule has 0 bridgehead atoms. The summed E-state index contributed by atoms with van der Waals surface area (Å²) in [5.41, 5.74) is 2.53. The van der Waals surface area contributed by atoms with Gasteiger partial charge in [-0.05, 0) is 47.7 Å². The lowest BCUT2D eigenvalue weighted by Crippen LogP contribution is -2.37. The molecule has 0 aromatic carbocycles. The normalized spacial score (nSPS) is 11.6. The SMILES string of the molecule is CCNC(=NCc1ccsc1)NCCCc1cnn(C)c1. The van der Waals surface area contributed by atoms with Crippen molar-refractivity contribution in [1.82, 2.24) is 20.4 Å². The summed E-state index contributed by atoms with van der Waals surface area (Å²) >= 11 is 1.71. The summed E-state index contributed by atoms with van der Waals surface area (Å²) < 4.78 is 1.84. The number of aromatic nitrogens is 2. The van der Waals surface area contributed by atoms with Crippen molar-refractivity contribution in [1.29, 1.82) is 0 Å². The maximum atomic E-state index is 4.59. The zero-order valence-corrected chi connectivity index (χ0v) is 13.5. The third-order valence-corrected chi connectivity index (χ3v) is 3.77. The average Bonchev–Trinajstić information content (AvgIpc) is 3.12. The van der Waals surface area contributed by atoms with Gasteiger partial charge in [0.25, 0.3) is 0 Å². The second kappa shape index (κ2) is 8.46. The molecule has 0 saturated heterocycles. The van der Waals surface area contributed by atoms with Crippen LogP contribution in [0.4, 0.5) is 0 Å². The molecule has 2 heterocycles. The van der Waals surface area contributed by atoms with Crippen molar-refractivity contribution in [2.24, 2.45) is 12.0 Å². The van der Waals surface area contributed by atoms with Crippen LogP contribution in [0.15, 0.2) is 34.2 Å². The summed E-state index contributed by atoms with van der Waals surface area (Å²) in [6.45, 7) is 4.58. The van der Waals surface area contributed by atoms with Crippen LogP contribution in [0.3, 0.4) is 0 Å². The van der Waals surface area contributed by atoms with E-state index in [-0.39, 0.29) is 0 Å². The molecule has 0 aliphatic rings. The van der Waals surface area contributed by atoms with Crippen LogP contribution in [0.5, 0.6) is 0 Å². The fraction of sp³-hybridized carbons (Fsp3) is 0.467. The summed E-state index contributed by atoms with van der Waals surface area (Å²) in [5, 5.41) is 15.0. The van der Waals surface area contributed by atoms with E-state index in [1.165, 1.54) is 11.1 Å². The summed E-state index contributed by atoms with van der Waals surface area (Å²) in [5.74, 6) is 0.884. The Kier molecular flexibility index (Phi) is 6.27. The van der Waals surface area contributed by atoms with E-state index in [9.17, 15) is 0 Å². The molecule has 2 aromatic rings. The molecule has 0 atom stereocenters. The van der Waals surface area contributed by atoms with E-state index < -0.39 is 0 Å². The Morgan fingerprint density at radius 2 is 2.29 bits per heavy atom. The molecular formula is C15H23N5S. The van der Waals surface area contributed by atoms with Gasteiger partial charge in [0, 0.05) is 26.3 Å². The summed E-state index contributed by atoms with van der Waals surface area (Å²) in [6, 6.07) is 2.11. The second-order valence-corrected chi connectivity index (χ2v) is 5.66. The summed E-state index contributed by atoms with van der Waals surface area (Å²) in [4.78, 5) is 4.59. The molecule has 0 saturated carbocycles. The lowest BCUT2D eigenvalue weighted by atomic mass is 10.2. The molecule has 0 fully saturated rings. The van der Waals surface area contributed by atoms with E-state index in [0.29, 0.717) is 0 Å². The van der Waals surface area contributed by atoms with Gasteiger partial charge in [0.2, 0.25) is 0 Å². The highest BCUT2D eigenvalue weighted by molar-refractivity contribution is 7.07. The van der Waals surface area contributed by atoms with Gasteiger partial charge in [-0.1, -0.05) is 0 Å². The average molecular weight is 305 g/mol. The number of hydrogen-bond acceptors (Lipinski definition) is 3. The predicted octanol–water partition coefficient (Wildman–Crippen LogP) is 2.17. The van der Waals surface area contributed by atoms with E-state index in [2.05, 4.69) is 50.7 Å². The minimum absolute atomic E-state index is 0.724. The number of rotatable bonds is 7. The maximum Gasteiger partial charge on any atom is 0.191 e. The lowest BCUT2D eigenvalue weighted by Gasteiger charge is -2.10. The molecule has 114 valence electrons. The van der Waals surface area contributed by atoms with Crippen LogP contribution in [0.2, 0.25) is 0 Å². The van der Waals surface area contributed by atoms with E-state index in [0.717, 1.165) is 38.4 Å². The Labute approximate surface area is 130 Å². The van der Waals surface area contributed by atoms with Crippen LogP contribution in [0, 0.1) is 0 Å². The van der Waals surface area contributed by atoms with Crippen LogP contribution in [0.1, 0.15) is 24.5 Å². The van der Waals surface area contributed by atoms with Crippen molar-refractivity contribution in [3.63, 3.8) is 0 Å². The van der Waals surface area contributed by atoms with Crippen molar-refractivity contribution < 1.29 is 0 Å². The van der Waals surface area contributed by atoms with Gasteiger partial charge in [-0.2, -0.15) is 16.4 Å². The minimum atomic E-state index is 0.724. The standard InChI is InChI=1S/C15H23N5S/c1-3-16-15(18-9-14-6-8-21-12-14)17-7-4-5-13-10-19-20(2)11-13/h6,8,10-12H,3-5,7,9H2,1-2H3,(H2,16,17,18). The second-order valence-electron chi connectivity index (χ2n) is 4.88. The smallest absolute Gasteiger partial charge is 0.191 e. The summed E-state index contributed by atoms with van der Waals surface area (Å²) in [7, 11) is 1.95. The third kappa shape index (κ3) is 5.59. The first-order valence-electron chi connectivity index (χ1n) is 7.28. The van der Waals surface area contributed by atoms with Crippen LogP contribution < -0.4 is 10.6 Å². The van der Waals surface area contributed by atoms with Crippen molar-refractivity contribution in [2.45, 2.75) is 26.3 Å². The van der Waals surface area contributed by atoms with Gasteiger partial charge in [-0.15, -0.1) is 0 Å². The number of aliphatic imine (C=N–C) groups is 1. The third-order valence-electron chi connectivity index (χ3n) is 3.04. The highest BCUT2D eigenvalue weighted by Gasteiger charge is 1.99. The molecule has 21 heavy (non-hydrogen) atoms. The number of guanidine groups is 1. The number of nitrogens with one attached hydrogen (secondary N) is 2. The molecular weight excluding hydrogens is 282 g/mol. The van der Waals surface area contributed by atoms with E-state index in [1.807, 2.05) is 17.9 Å². The first-order valence-corrected chi connectivity index (χ1v) is 8.23. The molecule has 0 radical (unpaired) electrons. The molecule has 2 N–H and O–H groups in total. The van der Waals surface area contributed by atoms with E-state index >= 15 is 0 Å². The Hall–Kier alpha value is -1.82. The molecule has 0 aliphatic heterocycles. The first-order chi connectivity index (χ1) is 10.3. The minimum Gasteiger partial charge on any atom is -0.357 e. The topological polar surface area (TPSA) is 54.2 Å². The van der Waals surface area contributed by atoms with Gasteiger partial charge in [-0.3, -0.25) is 4.68 Å². The monoisotopic (exact) mass is 305 g/mol. The van der Waals surface area contributed by atoms with Crippen molar-refractivity contribution in [3.8, 4) is 0 Å². The lowest BCUT2D eigenvalue weighted by molar-refractivity contribution is 0.741. The van der Waals surface area contributed by atoms with E-state index in [1.54, 1.807) is 11.3 Å². The van der Waals surface area contributed by atoms with Gasteiger partial charge < -0.3 is 10.6 Å². The zero-order chi connectivity index (χ0) is 14.9. The number of thiophene rings is 1. The molecule has 0 unspecified atom stereocenters. The number of aryl methyl sites for hydroxylation is 2. The molecule has 5 nitrogen and oxygen atoms in total. The van der Waals surface area contributed by atoms with Gasteiger partial charge in [0.1, 0.15) is 0 Å². The van der Waals surface area contributed by atoms with Crippen LogP contribution in [0.25, 0.3) is 0 Å². The fourth-order valence-corrected chi connectivity index (χ4v) is 2.65. The predicted molar refractivity (Wildman–Crippen MR) is 88.7 cm³/mol. The zero-order valence-electron chi connectivity index (χ0n) is 12.7. The Morgan fingerprint density at radius 3 is 2.95 bits per heavy atom. The number of nitrogens with zero attached hydrogens (tertiary/aromatic N) is 3. The first kappa shape index (κ1) is 15.6. The maximum absolute atomic E-state index is 4.59. The Bertz CT molecular complexity index is 544. The van der Waals surface area contributed by atoms with Crippen LogP contribution >= 0.6 is 11.3 Å². The molecule has 0 amide bonds. The summed E-state index contributed by atoms with van der Waals surface area (Å²) in [6.07, 6.45) is 6.09. The molecule has 0 aliphatic carbocycles. The highest BCUT2D eigenvalue weighted by Crippen LogP contribution is 2.06. The largest absolute Gasteiger partial charge is 0.357 e.